The van der Waals surface area contributed by atoms with Crippen LogP contribution in [0.5, 0.6) is 5.75 Å². The first kappa shape index (κ1) is 14.4. The average molecular weight is 255 g/mol. The Morgan fingerprint density at radius 2 is 2.22 bits per heavy atom. The van der Waals surface area contributed by atoms with Crippen molar-refractivity contribution in [2.75, 3.05) is 0 Å². The molecule has 100 valence electrons. The molecule has 3 N–H and O–H groups in total. The number of ether oxygens (including phenoxy) is 1. The van der Waals surface area contributed by atoms with E-state index >= 15 is 0 Å². The van der Waals surface area contributed by atoms with Crippen LogP contribution in [0.3, 0.4) is 0 Å². The molecule has 0 saturated carbocycles. The number of carboxylic acids is 1. The number of rotatable bonds is 6. The normalized spacial score (nSPS) is 14.0. The third kappa shape index (κ3) is 4.00. The first-order valence-electron chi connectivity index (χ1n) is 5.87. The van der Waals surface area contributed by atoms with Crippen LogP contribution < -0.4 is 10.5 Å². The molecule has 1 rings (SSSR count). The zero-order valence-electron chi connectivity index (χ0n) is 10.5. The van der Waals surface area contributed by atoms with Crippen LogP contribution in [0.4, 0.5) is 4.39 Å². The van der Waals surface area contributed by atoms with Crippen LogP contribution in [0.15, 0.2) is 18.2 Å². The summed E-state index contributed by atoms with van der Waals surface area (Å²) < 4.78 is 18.6. The minimum Gasteiger partial charge on any atom is -0.479 e. The van der Waals surface area contributed by atoms with Crippen molar-refractivity contribution in [3.8, 4) is 5.75 Å². The Morgan fingerprint density at radius 3 is 2.72 bits per heavy atom. The largest absolute Gasteiger partial charge is 0.479 e. The average Bonchev–Trinajstić information content (AvgIpc) is 2.26. The molecule has 0 spiro atoms. The van der Waals surface area contributed by atoms with Gasteiger partial charge in [-0.15, -0.1) is 0 Å². The van der Waals surface area contributed by atoms with Gasteiger partial charge in [0.25, 0.3) is 0 Å². The second-order valence-corrected chi connectivity index (χ2v) is 4.29. The van der Waals surface area contributed by atoms with Gasteiger partial charge in [0.15, 0.2) is 6.10 Å². The Hall–Kier alpha value is -1.62. The lowest BCUT2D eigenvalue weighted by Crippen LogP contribution is -2.27. The lowest BCUT2D eigenvalue weighted by Gasteiger charge is -2.17. The summed E-state index contributed by atoms with van der Waals surface area (Å²) >= 11 is 0. The maximum Gasteiger partial charge on any atom is 0.344 e. The minimum absolute atomic E-state index is 0.154. The van der Waals surface area contributed by atoms with E-state index in [4.69, 9.17) is 15.6 Å². The molecule has 5 heteroatoms. The summed E-state index contributed by atoms with van der Waals surface area (Å²) in [5.74, 6) is -1.04. The first-order chi connectivity index (χ1) is 8.43. The van der Waals surface area contributed by atoms with Crippen molar-refractivity contribution in [1.82, 2.24) is 0 Å². The SMILES string of the molecule is CCC(Oc1ccc(F)cc1CC(C)N)C(=O)O. The van der Waals surface area contributed by atoms with Crippen molar-refractivity contribution in [2.24, 2.45) is 5.73 Å². The summed E-state index contributed by atoms with van der Waals surface area (Å²) in [6.45, 7) is 3.51. The highest BCUT2D eigenvalue weighted by Gasteiger charge is 2.19. The number of hydrogen-bond donors (Lipinski definition) is 2. The topological polar surface area (TPSA) is 72.5 Å². The third-order valence-corrected chi connectivity index (χ3v) is 2.48. The molecule has 0 amide bonds. The Balaban J connectivity index is 2.96. The van der Waals surface area contributed by atoms with Crippen molar-refractivity contribution in [2.45, 2.75) is 38.8 Å². The van der Waals surface area contributed by atoms with Crippen LogP contribution in [-0.2, 0) is 11.2 Å². The first-order valence-corrected chi connectivity index (χ1v) is 5.87. The summed E-state index contributed by atoms with van der Waals surface area (Å²) in [6.07, 6.45) is -0.157. The number of hydrogen-bond acceptors (Lipinski definition) is 3. The van der Waals surface area contributed by atoms with E-state index < -0.39 is 12.1 Å². The van der Waals surface area contributed by atoms with E-state index in [-0.39, 0.29) is 11.9 Å². The van der Waals surface area contributed by atoms with Gasteiger partial charge in [-0.3, -0.25) is 0 Å². The molecule has 2 atom stereocenters. The monoisotopic (exact) mass is 255 g/mol. The number of halogens is 1. The second-order valence-electron chi connectivity index (χ2n) is 4.29. The van der Waals surface area contributed by atoms with Gasteiger partial charge in [-0.2, -0.15) is 0 Å². The third-order valence-electron chi connectivity index (χ3n) is 2.48. The quantitative estimate of drug-likeness (QED) is 0.815. The minimum atomic E-state index is -1.03. The van der Waals surface area contributed by atoms with E-state index in [0.717, 1.165) is 0 Å². The molecule has 0 saturated heterocycles. The molecule has 0 aliphatic heterocycles. The van der Waals surface area contributed by atoms with Crippen LogP contribution in [-0.4, -0.2) is 23.2 Å². The smallest absolute Gasteiger partial charge is 0.344 e. The molecule has 4 nitrogen and oxygen atoms in total. The van der Waals surface area contributed by atoms with Crippen molar-refractivity contribution < 1.29 is 19.0 Å². The van der Waals surface area contributed by atoms with E-state index in [0.29, 0.717) is 24.2 Å². The van der Waals surface area contributed by atoms with Crippen molar-refractivity contribution in [1.29, 1.82) is 0 Å². The van der Waals surface area contributed by atoms with Gasteiger partial charge in [-0.05, 0) is 43.5 Å². The number of benzene rings is 1. The molecule has 0 aromatic heterocycles. The van der Waals surface area contributed by atoms with E-state index in [1.807, 2.05) is 0 Å². The number of carbonyl (C=O) groups is 1. The maximum absolute atomic E-state index is 13.2. The Bertz CT molecular complexity index is 421. The van der Waals surface area contributed by atoms with Crippen molar-refractivity contribution in [3.05, 3.63) is 29.6 Å². The number of nitrogens with two attached hydrogens (primary N) is 1. The van der Waals surface area contributed by atoms with Crippen LogP contribution in [0, 0.1) is 5.82 Å². The van der Waals surface area contributed by atoms with E-state index in [1.165, 1.54) is 18.2 Å². The summed E-state index contributed by atoms with van der Waals surface area (Å²) in [4.78, 5) is 10.9. The molecule has 1 aromatic rings. The zero-order valence-corrected chi connectivity index (χ0v) is 10.5. The molecule has 2 unspecified atom stereocenters. The summed E-state index contributed by atoms with van der Waals surface area (Å²) in [5.41, 5.74) is 6.26. The van der Waals surface area contributed by atoms with Gasteiger partial charge < -0.3 is 15.6 Å². The van der Waals surface area contributed by atoms with Gasteiger partial charge in [-0.25, -0.2) is 9.18 Å². The van der Waals surface area contributed by atoms with Gasteiger partial charge in [0.1, 0.15) is 11.6 Å². The summed E-state index contributed by atoms with van der Waals surface area (Å²) in [5, 5.41) is 8.94. The molecule has 0 aliphatic carbocycles. The predicted octanol–water partition coefficient (Wildman–Crippen LogP) is 1.96. The van der Waals surface area contributed by atoms with Gasteiger partial charge in [0, 0.05) is 6.04 Å². The fraction of sp³-hybridized carbons (Fsp3) is 0.462. The highest BCUT2D eigenvalue weighted by Crippen LogP contribution is 2.23. The molecular formula is C13H18FNO3. The molecule has 0 aliphatic rings. The van der Waals surface area contributed by atoms with E-state index in [2.05, 4.69) is 0 Å². The van der Waals surface area contributed by atoms with Crippen LogP contribution in [0.1, 0.15) is 25.8 Å². The van der Waals surface area contributed by atoms with Gasteiger partial charge >= 0.3 is 5.97 Å². The lowest BCUT2D eigenvalue weighted by molar-refractivity contribution is -0.145. The van der Waals surface area contributed by atoms with Crippen molar-refractivity contribution >= 4 is 5.97 Å². The lowest BCUT2D eigenvalue weighted by atomic mass is 10.1. The Labute approximate surface area is 106 Å². The van der Waals surface area contributed by atoms with E-state index in [1.54, 1.807) is 13.8 Å². The standard InChI is InChI=1S/C13H18FNO3/c1-3-11(13(16)17)18-12-5-4-10(14)7-9(12)6-8(2)15/h4-5,7-8,11H,3,6,15H2,1-2H3,(H,16,17). The highest BCUT2D eigenvalue weighted by atomic mass is 19.1. The number of carboxylic acid groups (broad SMARTS) is 1. The van der Waals surface area contributed by atoms with E-state index in [9.17, 15) is 9.18 Å². The number of aliphatic carboxylic acids is 1. The van der Waals surface area contributed by atoms with Gasteiger partial charge in [0.2, 0.25) is 0 Å². The molecule has 0 bridgehead atoms. The molecule has 0 radical (unpaired) electrons. The Morgan fingerprint density at radius 1 is 1.56 bits per heavy atom. The molecule has 0 fully saturated rings. The van der Waals surface area contributed by atoms with Crippen LogP contribution in [0.2, 0.25) is 0 Å². The maximum atomic E-state index is 13.2. The van der Waals surface area contributed by atoms with Crippen LogP contribution >= 0.6 is 0 Å². The fourth-order valence-electron chi connectivity index (χ4n) is 1.63. The fourth-order valence-corrected chi connectivity index (χ4v) is 1.63. The highest BCUT2D eigenvalue weighted by molar-refractivity contribution is 5.72. The second kappa shape index (κ2) is 6.35. The zero-order chi connectivity index (χ0) is 13.7. The van der Waals surface area contributed by atoms with Gasteiger partial charge in [0.05, 0.1) is 0 Å². The Kier molecular flexibility index (Phi) is 5.09. The molecular weight excluding hydrogens is 237 g/mol. The molecule has 1 aromatic carbocycles. The summed E-state index contributed by atoms with van der Waals surface area (Å²) in [6, 6.07) is 3.86. The molecule has 18 heavy (non-hydrogen) atoms. The summed E-state index contributed by atoms with van der Waals surface area (Å²) in [7, 11) is 0. The van der Waals surface area contributed by atoms with Crippen LogP contribution in [0.25, 0.3) is 0 Å². The molecule has 0 heterocycles. The van der Waals surface area contributed by atoms with Gasteiger partial charge in [-0.1, -0.05) is 6.92 Å². The van der Waals surface area contributed by atoms with Crippen molar-refractivity contribution in [3.63, 3.8) is 0 Å². The predicted molar refractivity (Wildman–Crippen MR) is 66.1 cm³/mol.